The number of benzene rings is 1. The summed E-state index contributed by atoms with van der Waals surface area (Å²) in [5, 5.41) is 7.15. The van der Waals surface area contributed by atoms with Gasteiger partial charge in [0.1, 0.15) is 5.76 Å². The Balaban J connectivity index is 1.50. The van der Waals surface area contributed by atoms with Crippen LogP contribution in [0.25, 0.3) is 0 Å². The van der Waals surface area contributed by atoms with Gasteiger partial charge in [0.25, 0.3) is 5.91 Å². The Morgan fingerprint density at radius 2 is 1.96 bits per heavy atom. The minimum atomic E-state index is 0.0229. The van der Waals surface area contributed by atoms with E-state index < -0.39 is 0 Å². The van der Waals surface area contributed by atoms with E-state index in [9.17, 15) is 4.79 Å². The molecule has 0 saturated carbocycles. The molecule has 1 aliphatic rings. The molecule has 1 N–H and O–H groups in total. The average Bonchev–Trinajstić information content (AvgIpc) is 2.89. The highest BCUT2D eigenvalue weighted by Crippen LogP contribution is 2.18. The number of rotatable bonds is 4. The second-order valence-electron chi connectivity index (χ2n) is 6.19. The number of amides is 1. The lowest BCUT2D eigenvalue weighted by Gasteiger charge is -2.32. The maximum atomic E-state index is 12.2. The topological polar surface area (TPSA) is 58.4 Å². The van der Waals surface area contributed by atoms with Gasteiger partial charge in [-0.25, -0.2) is 0 Å². The van der Waals surface area contributed by atoms with Crippen LogP contribution in [0.3, 0.4) is 0 Å². The van der Waals surface area contributed by atoms with Crippen LogP contribution in [0.1, 0.15) is 40.2 Å². The molecule has 0 aliphatic carbocycles. The molecule has 0 bridgehead atoms. The smallest absolute Gasteiger partial charge is 0.251 e. The van der Waals surface area contributed by atoms with Gasteiger partial charge in [0.15, 0.2) is 0 Å². The lowest BCUT2D eigenvalue weighted by molar-refractivity contribution is 0.0909. The van der Waals surface area contributed by atoms with Crippen LogP contribution < -0.4 is 5.32 Å². The summed E-state index contributed by atoms with van der Waals surface area (Å²) >= 11 is 0. The first kappa shape index (κ1) is 15.7. The van der Waals surface area contributed by atoms with Crippen molar-refractivity contribution in [2.75, 3.05) is 13.1 Å². The van der Waals surface area contributed by atoms with Gasteiger partial charge in [-0.15, -0.1) is 0 Å². The van der Waals surface area contributed by atoms with Crippen molar-refractivity contribution >= 4 is 5.91 Å². The predicted octanol–water partition coefficient (Wildman–Crippen LogP) is 2.69. The number of carbonyl (C=O) groups excluding carboxylic acids is 1. The van der Waals surface area contributed by atoms with Crippen LogP contribution in [-0.2, 0) is 6.54 Å². The average molecular weight is 313 g/mol. The molecule has 1 aromatic carbocycles. The van der Waals surface area contributed by atoms with Gasteiger partial charge in [0.05, 0.1) is 5.69 Å². The zero-order valence-electron chi connectivity index (χ0n) is 13.7. The molecule has 2 aromatic rings. The largest absolute Gasteiger partial charge is 0.361 e. The quantitative estimate of drug-likeness (QED) is 0.943. The number of carbonyl (C=O) groups is 1. The maximum Gasteiger partial charge on any atom is 0.251 e. The summed E-state index contributed by atoms with van der Waals surface area (Å²) in [6, 6.07) is 9.65. The fourth-order valence-corrected chi connectivity index (χ4v) is 3.04. The minimum Gasteiger partial charge on any atom is -0.361 e. The van der Waals surface area contributed by atoms with Crippen LogP contribution in [0.2, 0.25) is 0 Å². The van der Waals surface area contributed by atoms with Crippen molar-refractivity contribution in [1.82, 2.24) is 15.4 Å². The Labute approximate surface area is 136 Å². The third kappa shape index (κ3) is 3.79. The highest BCUT2D eigenvalue weighted by atomic mass is 16.5. The van der Waals surface area contributed by atoms with Crippen LogP contribution in [0.5, 0.6) is 0 Å². The van der Waals surface area contributed by atoms with Gasteiger partial charge >= 0.3 is 0 Å². The van der Waals surface area contributed by atoms with Gasteiger partial charge in [-0.1, -0.05) is 23.4 Å². The number of piperidine rings is 1. The number of nitrogens with zero attached hydrogens (tertiary/aromatic N) is 2. The molecule has 1 saturated heterocycles. The van der Waals surface area contributed by atoms with Gasteiger partial charge < -0.3 is 9.84 Å². The molecule has 23 heavy (non-hydrogen) atoms. The Kier molecular flexibility index (Phi) is 4.76. The SMILES string of the molecule is Cc1noc(C)c1CN1CCC(NC(=O)c2ccccc2)CC1. The van der Waals surface area contributed by atoms with Crippen LogP contribution >= 0.6 is 0 Å². The van der Waals surface area contributed by atoms with Crippen LogP contribution in [0, 0.1) is 13.8 Å². The molecular formula is C18H23N3O2. The molecule has 2 heterocycles. The highest BCUT2D eigenvalue weighted by molar-refractivity contribution is 5.94. The van der Waals surface area contributed by atoms with E-state index in [0.717, 1.165) is 49.5 Å². The molecule has 122 valence electrons. The molecule has 1 amide bonds. The standard InChI is InChI=1S/C18H23N3O2/c1-13-17(14(2)23-20-13)12-21-10-8-16(9-11-21)19-18(22)15-6-4-3-5-7-15/h3-7,16H,8-12H2,1-2H3,(H,19,22). The Bertz CT molecular complexity index is 639. The third-order valence-electron chi connectivity index (χ3n) is 4.52. The summed E-state index contributed by atoms with van der Waals surface area (Å²) in [5.74, 6) is 0.928. The molecule has 0 spiro atoms. The molecule has 1 aromatic heterocycles. The molecule has 1 aliphatic heterocycles. The van der Waals surface area contributed by atoms with Gasteiger partial charge in [-0.2, -0.15) is 0 Å². The summed E-state index contributed by atoms with van der Waals surface area (Å²) in [4.78, 5) is 14.6. The van der Waals surface area contributed by atoms with E-state index in [2.05, 4.69) is 15.4 Å². The lowest BCUT2D eigenvalue weighted by atomic mass is 10.0. The molecule has 1 fully saturated rings. The molecule has 3 rings (SSSR count). The molecule has 5 heteroatoms. The summed E-state index contributed by atoms with van der Waals surface area (Å²) in [6.45, 7) is 6.77. The first-order valence-corrected chi connectivity index (χ1v) is 8.13. The normalized spacial score (nSPS) is 16.4. The van der Waals surface area contributed by atoms with Crippen molar-refractivity contribution in [2.24, 2.45) is 0 Å². The number of aryl methyl sites for hydroxylation is 2. The van der Waals surface area contributed by atoms with Gasteiger partial charge in [-0.05, 0) is 38.8 Å². The van der Waals surface area contributed by atoms with E-state index >= 15 is 0 Å². The molecule has 0 unspecified atom stereocenters. The van der Waals surface area contributed by atoms with E-state index in [1.807, 2.05) is 44.2 Å². The Hall–Kier alpha value is -2.14. The monoisotopic (exact) mass is 313 g/mol. The molecule has 0 atom stereocenters. The number of hydrogen-bond donors (Lipinski definition) is 1. The van der Waals surface area contributed by atoms with Crippen molar-refractivity contribution in [1.29, 1.82) is 0 Å². The zero-order valence-corrected chi connectivity index (χ0v) is 13.7. The maximum absolute atomic E-state index is 12.2. The molecule has 5 nitrogen and oxygen atoms in total. The highest BCUT2D eigenvalue weighted by Gasteiger charge is 2.22. The zero-order chi connectivity index (χ0) is 16.2. The van der Waals surface area contributed by atoms with Crippen LogP contribution in [-0.4, -0.2) is 35.1 Å². The number of hydrogen-bond acceptors (Lipinski definition) is 4. The number of likely N-dealkylation sites (tertiary alicyclic amines) is 1. The van der Waals surface area contributed by atoms with Crippen molar-refractivity contribution in [2.45, 2.75) is 39.3 Å². The second kappa shape index (κ2) is 6.96. The molecule has 0 radical (unpaired) electrons. The first-order chi connectivity index (χ1) is 11.1. The lowest BCUT2D eigenvalue weighted by Crippen LogP contribution is -2.44. The van der Waals surface area contributed by atoms with Crippen molar-refractivity contribution in [3.8, 4) is 0 Å². The summed E-state index contributed by atoms with van der Waals surface area (Å²) < 4.78 is 5.23. The predicted molar refractivity (Wildman–Crippen MR) is 88.2 cm³/mol. The third-order valence-corrected chi connectivity index (χ3v) is 4.52. The number of aromatic nitrogens is 1. The summed E-state index contributed by atoms with van der Waals surface area (Å²) in [5.41, 5.74) is 2.89. The minimum absolute atomic E-state index is 0.0229. The van der Waals surface area contributed by atoms with Crippen LogP contribution in [0.4, 0.5) is 0 Å². The molecular weight excluding hydrogens is 290 g/mol. The van der Waals surface area contributed by atoms with E-state index in [1.165, 1.54) is 5.56 Å². The van der Waals surface area contributed by atoms with Crippen molar-refractivity contribution in [3.63, 3.8) is 0 Å². The number of nitrogens with one attached hydrogen (secondary N) is 1. The van der Waals surface area contributed by atoms with E-state index in [4.69, 9.17) is 4.52 Å². The summed E-state index contributed by atoms with van der Waals surface area (Å²) in [7, 11) is 0. The van der Waals surface area contributed by atoms with Crippen LogP contribution in [0.15, 0.2) is 34.9 Å². The Morgan fingerprint density at radius 1 is 1.26 bits per heavy atom. The summed E-state index contributed by atoms with van der Waals surface area (Å²) in [6.07, 6.45) is 1.95. The van der Waals surface area contributed by atoms with Gasteiger partial charge in [0.2, 0.25) is 0 Å². The van der Waals surface area contributed by atoms with Crippen molar-refractivity contribution in [3.05, 3.63) is 52.9 Å². The van der Waals surface area contributed by atoms with Gasteiger partial charge in [0, 0.05) is 36.8 Å². The van der Waals surface area contributed by atoms with Gasteiger partial charge in [-0.3, -0.25) is 9.69 Å². The Morgan fingerprint density at radius 3 is 2.57 bits per heavy atom. The second-order valence-corrected chi connectivity index (χ2v) is 6.19. The van der Waals surface area contributed by atoms with E-state index in [1.54, 1.807) is 0 Å². The van der Waals surface area contributed by atoms with E-state index in [0.29, 0.717) is 0 Å². The fraction of sp³-hybridized carbons (Fsp3) is 0.444. The first-order valence-electron chi connectivity index (χ1n) is 8.13. The fourth-order valence-electron chi connectivity index (χ4n) is 3.04. The van der Waals surface area contributed by atoms with E-state index in [-0.39, 0.29) is 11.9 Å². The van der Waals surface area contributed by atoms with Crippen molar-refractivity contribution < 1.29 is 9.32 Å².